The Hall–Kier alpha value is -0.900. The fourth-order valence-electron chi connectivity index (χ4n) is 2.21. The fraction of sp³-hybridized carbons (Fsp3) is 0.500. The largest absolute Gasteiger partial charge is 0.395 e. The van der Waals surface area contributed by atoms with Crippen LogP contribution in [0.15, 0.2) is 24.3 Å². The van der Waals surface area contributed by atoms with Gasteiger partial charge < -0.3 is 15.5 Å². The highest BCUT2D eigenvalue weighted by Gasteiger charge is 2.26. The Labute approximate surface area is 89.8 Å². The van der Waals surface area contributed by atoms with Crippen LogP contribution in [0.25, 0.3) is 0 Å². The highest BCUT2D eigenvalue weighted by Crippen LogP contribution is 2.29. The van der Waals surface area contributed by atoms with Crippen molar-refractivity contribution in [3.8, 4) is 0 Å². The van der Waals surface area contributed by atoms with Crippen LogP contribution in [0.5, 0.6) is 0 Å². The molecule has 2 unspecified atom stereocenters. The van der Waals surface area contributed by atoms with Crippen molar-refractivity contribution in [2.75, 3.05) is 13.2 Å². The van der Waals surface area contributed by atoms with E-state index in [2.05, 4.69) is 11.4 Å². The number of fused-ring (bicyclic) bond motifs is 1. The maximum Gasteiger partial charge on any atom is 0.0738 e. The maximum absolute atomic E-state index is 9.90. The van der Waals surface area contributed by atoms with Crippen LogP contribution in [0.2, 0.25) is 0 Å². The van der Waals surface area contributed by atoms with E-state index < -0.39 is 0 Å². The summed E-state index contributed by atoms with van der Waals surface area (Å²) in [5, 5.41) is 21.9. The van der Waals surface area contributed by atoms with Gasteiger partial charge in [-0.05, 0) is 24.0 Å². The van der Waals surface area contributed by atoms with E-state index >= 15 is 0 Å². The van der Waals surface area contributed by atoms with Crippen molar-refractivity contribution in [1.29, 1.82) is 0 Å². The molecule has 0 bridgehead atoms. The number of hydrogen-bond donors (Lipinski definition) is 3. The quantitative estimate of drug-likeness (QED) is 0.681. The Morgan fingerprint density at radius 2 is 2.13 bits per heavy atom. The van der Waals surface area contributed by atoms with Crippen LogP contribution < -0.4 is 5.32 Å². The lowest BCUT2D eigenvalue weighted by molar-refractivity contribution is 0.107. The first kappa shape index (κ1) is 10.6. The van der Waals surface area contributed by atoms with Gasteiger partial charge in [0, 0.05) is 6.54 Å². The summed E-state index contributed by atoms with van der Waals surface area (Å²) < 4.78 is 0. The Kier molecular flexibility index (Phi) is 3.36. The van der Waals surface area contributed by atoms with Gasteiger partial charge in [0.2, 0.25) is 0 Å². The normalized spacial score (nSPS) is 24.9. The standard InChI is InChI=1S/C12H17NO2/c14-8-7-13-12-10-4-2-1-3-9(10)5-6-11(12)15/h1-4,11-15H,5-8H2. The minimum absolute atomic E-state index is 0.0258. The van der Waals surface area contributed by atoms with E-state index in [1.807, 2.05) is 18.2 Å². The molecular weight excluding hydrogens is 190 g/mol. The molecule has 0 amide bonds. The van der Waals surface area contributed by atoms with Crippen molar-refractivity contribution in [2.45, 2.75) is 25.0 Å². The van der Waals surface area contributed by atoms with Crippen LogP contribution in [0.4, 0.5) is 0 Å². The lowest BCUT2D eigenvalue weighted by Crippen LogP contribution is -2.37. The molecule has 2 rings (SSSR count). The smallest absolute Gasteiger partial charge is 0.0738 e. The van der Waals surface area contributed by atoms with Gasteiger partial charge in [0.1, 0.15) is 0 Å². The molecule has 3 nitrogen and oxygen atoms in total. The molecule has 0 aliphatic heterocycles. The van der Waals surface area contributed by atoms with Gasteiger partial charge in [0.25, 0.3) is 0 Å². The molecule has 1 aromatic rings. The molecule has 0 saturated carbocycles. The number of aryl methyl sites for hydroxylation is 1. The van der Waals surface area contributed by atoms with Gasteiger partial charge in [0.15, 0.2) is 0 Å². The molecule has 0 aromatic heterocycles. The van der Waals surface area contributed by atoms with E-state index in [9.17, 15) is 5.11 Å². The molecule has 1 aromatic carbocycles. The van der Waals surface area contributed by atoms with Crippen LogP contribution in [0.3, 0.4) is 0 Å². The van der Waals surface area contributed by atoms with E-state index in [0.29, 0.717) is 6.54 Å². The van der Waals surface area contributed by atoms with E-state index in [1.54, 1.807) is 0 Å². The monoisotopic (exact) mass is 207 g/mol. The average Bonchev–Trinajstić information content (AvgIpc) is 2.28. The zero-order valence-electron chi connectivity index (χ0n) is 8.69. The van der Waals surface area contributed by atoms with Crippen molar-refractivity contribution in [3.05, 3.63) is 35.4 Å². The number of aliphatic hydroxyl groups is 2. The third-order valence-corrected chi connectivity index (χ3v) is 2.96. The summed E-state index contributed by atoms with van der Waals surface area (Å²) in [6.45, 7) is 0.626. The van der Waals surface area contributed by atoms with E-state index in [1.165, 1.54) is 11.1 Å². The summed E-state index contributed by atoms with van der Waals surface area (Å²) in [7, 11) is 0. The summed E-state index contributed by atoms with van der Waals surface area (Å²) >= 11 is 0. The van der Waals surface area contributed by atoms with Crippen molar-refractivity contribution in [2.24, 2.45) is 0 Å². The number of nitrogens with one attached hydrogen (secondary N) is 1. The van der Waals surface area contributed by atoms with Crippen molar-refractivity contribution in [1.82, 2.24) is 5.32 Å². The molecule has 0 radical (unpaired) electrons. The number of rotatable bonds is 3. The van der Waals surface area contributed by atoms with Crippen LogP contribution in [-0.2, 0) is 6.42 Å². The Morgan fingerprint density at radius 3 is 2.93 bits per heavy atom. The van der Waals surface area contributed by atoms with E-state index in [4.69, 9.17) is 5.11 Å². The first-order valence-corrected chi connectivity index (χ1v) is 5.43. The second-order valence-electron chi connectivity index (χ2n) is 3.96. The van der Waals surface area contributed by atoms with Crippen molar-refractivity contribution >= 4 is 0 Å². The number of aliphatic hydroxyl groups excluding tert-OH is 2. The first-order chi connectivity index (χ1) is 7.33. The topological polar surface area (TPSA) is 52.5 Å². The predicted octanol–water partition coefficient (Wildman–Crippen LogP) is 0.617. The van der Waals surface area contributed by atoms with E-state index in [0.717, 1.165) is 12.8 Å². The SMILES string of the molecule is OCCNC1c2ccccc2CCC1O. The van der Waals surface area contributed by atoms with Gasteiger partial charge in [-0.1, -0.05) is 24.3 Å². The second-order valence-corrected chi connectivity index (χ2v) is 3.96. The summed E-state index contributed by atoms with van der Waals surface area (Å²) in [5.41, 5.74) is 2.47. The molecule has 0 spiro atoms. The molecule has 0 fully saturated rings. The fourth-order valence-corrected chi connectivity index (χ4v) is 2.21. The van der Waals surface area contributed by atoms with Crippen LogP contribution in [0.1, 0.15) is 23.6 Å². The zero-order chi connectivity index (χ0) is 10.7. The summed E-state index contributed by atoms with van der Waals surface area (Å²) in [6.07, 6.45) is 1.39. The lowest BCUT2D eigenvalue weighted by Gasteiger charge is -2.31. The van der Waals surface area contributed by atoms with Crippen molar-refractivity contribution in [3.63, 3.8) is 0 Å². The molecule has 82 valence electrons. The molecule has 15 heavy (non-hydrogen) atoms. The number of benzene rings is 1. The minimum atomic E-state index is -0.341. The van der Waals surface area contributed by atoms with Crippen LogP contribution >= 0.6 is 0 Å². The third kappa shape index (κ3) is 2.20. The van der Waals surface area contributed by atoms with Crippen LogP contribution in [0, 0.1) is 0 Å². The summed E-state index contributed by atoms with van der Waals surface area (Å²) in [5.74, 6) is 0. The minimum Gasteiger partial charge on any atom is -0.395 e. The molecule has 1 aliphatic rings. The van der Waals surface area contributed by atoms with Gasteiger partial charge in [-0.25, -0.2) is 0 Å². The highest BCUT2D eigenvalue weighted by molar-refractivity contribution is 5.33. The Balaban J connectivity index is 2.21. The number of hydrogen-bond acceptors (Lipinski definition) is 3. The van der Waals surface area contributed by atoms with Crippen LogP contribution in [-0.4, -0.2) is 29.5 Å². The van der Waals surface area contributed by atoms with Gasteiger partial charge in [-0.2, -0.15) is 0 Å². The predicted molar refractivity (Wildman–Crippen MR) is 58.6 cm³/mol. The van der Waals surface area contributed by atoms with Gasteiger partial charge >= 0.3 is 0 Å². The van der Waals surface area contributed by atoms with Gasteiger partial charge in [0.05, 0.1) is 18.8 Å². The first-order valence-electron chi connectivity index (χ1n) is 5.43. The molecule has 3 N–H and O–H groups in total. The molecular formula is C12H17NO2. The second kappa shape index (κ2) is 4.75. The Bertz CT molecular complexity index is 327. The molecule has 0 heterocycles. The summed E-state index contributed by atoms with van der Waals surface area (Å²) in [4.78, 5) is 0. The van der Waals surface area contributed by atoms with E-state index in [-0.39, 0.29) is 18.8 Å². The molecule has 3 heteroatoms. The van der Waals surface area contributed by atoms with Gasteiger partial charge in [-0.15, -0.1) is 0 Å². The average molecular weight is 207 g/mol. The molecule has 2 atom stereocenters. The zero-order valence-corrected chi connectivity index (χ0v) is 8.69. The molecule has 1 aliphatic carbocycles. The van der Waals surface area contributed by atoms with Gasteiger partial charge in [-0.3, -0.25) is 0 Å². The van der Waals surface area contributed by atoms with Crippen molar-refractivity contribution < 1.29 is 10.2 Å². The Morgan fingerprint density at radius 1 is 1.33 bits per heavy atom. The lowest BCUT2D eigenvalue weighted by atomic mass is 9.85. The summed E-state index contributed by atoms with van der Waals surface area (Å²) in [6, 6.07) is 8.15. The maximum atomic E-state index is 9.90. The molecule has 0 saturated heterocycles. The third-order valence-electron chi connectivity index (χ3n) is 2.96. The highest BCUT2D eigenvalue weighted by atomic mass is 16.3.